The van der Waals surface area contributed by atoms with Crippen molar-refractivity contribution in [1.82, 2.24) is 10.3 Å². The minimum atomic E-state index is -0.248. The molecule has 1 N–H and O–H groups in total. The Labute approximate surface area is 122 Å². The molecule has 0 spiro atoms. The van der Waals surface area contributed by atoms with E-state index in [1.165, 1.54) is 12.1 Å². The van der Waals surface area contributed by atoms with E-state index in [4.69, 9.17) is 4.42 Å². The van der Waals surface area contributed by atoms with Gasteiger partial charge in [-0.2, -0.15) is 0 Å². The molecule has 3 aromatic rings. The third-order valence-corrected chi connectivity index (χ3v) is 3.45. The lowest BCUT2D eigenvalue weighted by Gasteiger charge is -2.15. The average molecular weight is 284 g/mol. The lowest BCUT2D eigenvalue weighted by atomic mass is 10.1. The van der Waals surface area contributed by atoms with Crippen molar-refractivity contribution in [3.05, 3.63) is 65.9 Å². The predicted molar refractivity (Wildman–Crippen MR) is 80.5 cm³/mol. The molecule has 4 heteroatoms. The first-order valence-corrected chi connectivity index (χ1v) is 7.07. The van der Waals surface area contributed by atoms with Crippen LogP contribution >= 0.6 is 0 Å². The van der Waals surface area contributed by atoms with E-state index in [0.717, 1.165) is 29.7 Å². The molecule has 2 heterocycles. The lowest BCUT2D eigenvalue weighted by molar-refractivity contribution is 0.434. The Morgan fingerprint density at radius 3 is 2.95 bits per heavy atom. The molecule has 1 unspecified atom stereocenters. The number of pyridine rings is 1. The molecule has 21 heavy (non-hydrogen) atoms. The minimum absolute atomic E-state index is 0.0506. The van der Waals surface area contributed by atoms with Crippen LogP contribution in [0.25, 0.3) is 11.0 Å². The Hall–Kier alpha value is -2.20. The van der Waals surface area contributed by atoms with Crippen LogP contribution in [0.3, 0.4) is 0 Å². The lowest BCUT2D eigenvalue weighted by Crippen LogP contribution is -2.22. The number of benzene rings is 1. The summed E-state index contributed by atoms with van der Waals surface area (Å²) in [6.45, 7) is 2.88. The van der Waals surface area contributed by atoms with Gasteiger partial charge in [-0.3, -0.25) is 4.98 Å². The molecule has 0 aliphatic rings. The van der Waals surface area contributed by atoms with Crippen LogP contribution in [-0.2, 0) is 6.42 Å². The second kappa shape index (κ2) is 6.06. The number of furan rings is 1. The first kappa shape index (κ1) is 13.8. The second-order valence-corrected chi connectivity index (χ2v) is 5.01. The maximum absolute atomic E-state index is 13.3. The van der Waals surface area contributed by atoms with Crippen LogP contribution in [-0.4, -0.2) is 11.5 Å². The summed E-state index contributed by atoms with van der Waals surface area (Å²) in [5.41, 5.74) is 1.84. The topological polar surface area (TPSA) is 38.1 Å². The molecule has 0 aliphatic carbocycles. The maximum atomic E-state index is 13.3. The summed E-state index contributed by atoms with van der Waals surface area (Å²) in [6.07, 6.45) is 4.40. The van der Waals surface area contributed by atoms with Gasteiger partial charge in [-0.05, 0) is 48.9 Å². The van der Waals surface area contributed by atoms with Crippen molar-refractivity contribution < 1.29 is 8.81 Å². The summed E-state index contributed by atoms with van der Waals surface area (Å²) in [7, 11) is 0. The molecule has 0 saturated carbocycles. The van der Waals surface area contributed by atoms with Crippen LogP contribution in [0.1, 0.15) is 24.3 Å². The number of fused-ring (bicyclic) bond motifs is 1. The molecule has 3 rings (SSSR count). The molecule has 1 aromatic carbocycles. The quantitative estimate of drug-likeness (QED) is 0.773. The summed E-state index contributed by atoms with van der Waals surface area (Å²) >= 11 is 0. The fraction of sp³-hybridized carbons (Fsp3) is 0.235. The van der Waals surface area contributed by atoms with E-state index in [9.17, 15) is 4.39 Å². The van der Waals surface area contributed by atoms with E-state index < -0.39 is 0 Å². The van der Waals surface area contributed by atoms with Crippen LogP contribution in [0.5, 0.6) is 0 Å². The van der Waals surface area contributed by atoms with Gasteiger partial charge < -0.3 is 9.73 Å². The molecule has 0 amide bonds. The molecule has 0 aliphatic heterocycles. The van der Waals surface area contributed by atoms with Gasteiger partial charge in [-0.1, -0.05) is 13.0 Å². The summed E-state index contributed by atoms with van der Waals surface area (Å²) in [5.74, 6) is 0.573. The largest absolute Gasteiger partial charge is 0.459 e. The molecular weight excluding hydrogens is 267 g/mol. The summed E-state index contributed by atoms with van der Waals surface area (Å²) in [4.78, 5) is 4.14. The third-order valence-electron chi connectivity index (χ3n) is 3.45. The highest BCUT2D eigenvalue weighted by molar-refractivity contribution is 5.78. The van der Waals surface area contributed by atoms with Gasteiger partial charge in [0.15, 0.2) is 0 Å². The van der Waals surface area contributed by atoms with Crippen molar-refractivity contribution in [2.24, 2.45) is 0 Å². The molecule has 0 fully saturated rings. The van der Waals surface area contributed by atoms with Crippen LogP contribution < -0.4 is 5.32 Å². The van der Waals surface area contributed by atoms with Crippen molar-refractivity contribution >= 4 is 11.0 Å². The van der Waals surface area contributed by atoms with Gasteiger partial charge in [0.2, 0.25) is 0 Å². The molecule has 0 saturated heterocycles. The number of hydrogen-bond donors (Lipinski definition) is 1. The van der Waals surface area contributed by atoms with Gasteiger partial charge in [0, 0.05) is 17.8 Å². The summed E-state index contributed by atoms with van der Waals surface area (Å²) < 4.78 is 19.1. The highest BCUT2D eigenvalue weighted by atomic mass is 19.1. The van der Waals surface area contributed by atoms with Crippen LogP contribution in [0.4, 0.5) is 4.39 Å². The van der Waals surface area contributed by atoms with Gasteiger partial charge in [0.1, 0.15) is 17.2 Å². The van der Waals surface area contributed by atoms with Gasteiger partial charge in [-0.25, -0.2) is 4.39 Å². The number of rotatable bonds is 5. The standard InChI is InChI=1S/C17H17FN2O/c1-2-20-15(8-12-4-3-7-19-11-12)17-10-13-9-14(18)5-6-16(13)21-17/h3-7,9-11,15,20H,2,8H2,1H3. The zero-order chi connectivity index (χ0) is 14.7. The molecule has 2 aromatic heterocycles. The van der Waals surface area contributed by atoms with E-state index in [0.29, 0.717) is 5.58 Å². The molecule has 0 bridgehead atoms. The maximum Gasteiger partial charge on any atom is 0.134 e. The van der Waals surface area contributed by atoms with E-state index in [1.54, 1.807) is 12.3 Å². The molecule has 0 radical (unpaired) electrons. The van der Waals surface area contributed by atoms with Gasteiger partial charge in [0.25, 0.3) is 0 Å². The number of likely N-dealkylation sites (N-methyl/N-ethyl adjacent to an activating group) is 1. The minimum Gasteiger partial charge on any atom is -0.459 e. The smallest absolute Gasteiger partial charge is 0.134 e. The van der Waals surface area contributed by atoms with E-state index in [-0.39, 0.29) is 11.9 Å². The monoisotopic (exact) mass is 284 g/mol. The number of hydrogen-bond acceptors (Lipinski definition) is 3. The fourth-order valence-corrected chi connectivity index (χ4v) is 2.48. The zero-order valence-electron chi connectivity index (χ0n) is 11.8. The first-order chi connectivity index (χ1) is 10.3. The van der Waals surface area contributed by atoms with Crippen molar-refractivity contribution in [3.8, 4) is 0 Å². The summed E-state index contributed by atoms with van der Waals surface area (Å²) in [6, 6.07) is 10.5. The van der Waals surface area contributed by atoms with Crippen molar-refractivity contribution in [1.29, 1.82) is 0 Å². The van der Waals surface area contributed by atoms with Crippen LogP contribution in [0.2, 0.25) is 0 Å². The average Bonchev–Trinajstić information content (AvgIpc) is 2.91. The van der Waals surface area contributed by atoms with Crippen molar-refractivity contribution in [2.45, 2.75) is 19.4 Å². The Morgan fingerprint density at radius 1 is 1.29 bits per heavy atom. The Balaban J connectivity index is 1.91. The van der Waals surface area contributed by atoms with E-state index in [1.807, 2.05) is 24.4 Å². The number of halogens is 1. The van der Waals surface area contributed by atoms with Gasteiger partial charge in [-0.15, -0.1) is 0 Å². The third kappa shape index (κ3) is 3.11. The van der Waals surface area contributed by atoms with Gasteiger partial charge >= 0.3 is 0 Å². The predicted octanol–water partition coefficient (Wildman–Crippen LogP) is 3.86. The molecular formula is C17H17FN2O. The fourth-order valence-electron chi connectivity index (χ4n) is 2.48. The summed E-state index contributed by atoms with van der Waals surface area (Å²) in [5, 5.41) is 4.20. The Kier molecular flexibility index (Phi) is 3.97. The Bertz CT molecular complexity index is 724. The normalized spacial score (nSPS) is 12.7. The highest BCUT2D eigenvalue weighted by Crippen LogP contribution is 2.26. The SMILES string of the molecule is CCNC(Cc1cccnc1)c1cc2cc(F)ccc2o1. The number of aromatic nitrogens is 1. The zero-order valence-corrected chi connectivity index (χ0v) is 11.8. The number of nitrogens with zero attached hydrogens (tertiary/aromatic N) is 1. The Morgan fingerprint density at radius 2 is 2.19 bits per heavy atom. The number of nitrogens with one attached hydrogen (secondary N) is 1. The van der Waals surface area contributed by atoms with Gasteiger partial charge in [0.05, 0.1) is 6.04 Å². The van der Waals surface area contributed by atoms with Crippen LogP contribution in [0.15, 0.2) is 53.2 Å². The molecule has 1 atom stereocenters. The molecule has 3 nitrogen and oxygen atoms in total. The van der Waals surface area contributed by atoms with E-state index >= 15 is 0 Å². The van der Waals surface area contributed by atoms with Crippen molar-refractivity contribution in [2.75, 3.05) is 6.54 Å². The highest BCUT2D eigenvalue weighted by Gasteiger charge is 2.16. The first-order valence-electron chi connectivity index (χ1n) is 7.07. The molecule has 108 valence electrons. The van der Waals surface area contributed by atoms with E-state index in [2.05, 4.69) is 17.2 Å². The van der Waals surface area contributed by atoms with Crippen molar-refractivity contribution in [3.63, 3.8) is 0 Å². The second-order valence-electron chi connectivity index (χ2n) is 5.01. The van der Waals surface area contributed by atoms with Crippen LogP contribution in [0, 0.1) is 5.82 Å².